The van der Waals surface area contributed by atoms with E-state index in [4.69, 9.17) is 11.6 Å². The van der Waals surface area contributed by atoms with Crippen molar-refractivity contribution in [3.8, 4) is 16.9 Å². The zero-order valence-electron chi connectivity index (χ0n) is 11.7. The smallest absolute Gasteiger partial charge is 0.127 e. The molecule has 1 nitrogen and oxygen atoms in total. The first-order chi connectivity index (χ1) is 8.79. The van der Waals surface area contributed by atoms with Crippen molar-refractivity contribution in [1.29, 1.82) is 0 Å². The second-order valence-electron chi connectivity index (χ2n) is 5.88. The summed E-state index contributed by atoms with van der Waals surface area (Å²) in [5.41, 5.74) is 3.64. The fourth-order valence-corrected chi connectivity index (χ4v) is 2.25. The van der Waals surface area contributed by atoms with E-state index in [9.17, 15) is 5.11 Å². The van der Waals surface area contributed by atoms with Crippen molar-refractivity contribution in [2.75, 3.05) is 0 Å². The van der Waals surface area contributed by atoms with Crippen LogP contribution in [0, 0.1) is 13.0 Å². The number of rotatable bonds is 1. The Morgan fingerprint density at radius 2 is 1.84 bits per heavy atom. The van der Waals surface area contributed by atoms with Crippen LogP contribution in [0.4, 0.5) is 0 Å². The summed E-state index contributed by atoms with van der Waals surface area (Å²) in [5.74, 6) is 0.330. The Kier molecular flexibility index (Phi) is 3.60. The molecule has 0 saturated carbocycles. The van der Waals surface area contributed by atoms with E-state index < -0.39 is 0 Å². The van der Waals surface area contributed by atoms with Crippen LogP contribution in [0.1, 0.15) is 31.9 Å². The maximum Gasteiger partial charge on any atom is 0.127 e. The summed E-state index contributed by atoms with van der Waals surface area (Å²) in [4.78, 5) is 0. The minimum atomic E-state index is -0.0999. The number of aryl methyl sites for hydroxylation is 1. The first kappa shape index (κ1) is 14.0. The van der Waals surface area contributed by atoms with Crippen LogP contribution >= 0.6 is 11.6 Å². The van der Waals surface area contributed by atoms with Gasteiger partial charge in [0.2, 0.25) is 0 Å². The molecule has 19 heavy (non-hydrogen) atoms. The molecule has 0 aliphatic rings. The summed E-state index contributed by atoms with van der Waals surface area (Å²) in [7, 11) is 0. The van der Waals surface area contributed by atoms with Gasteiger partial charge in [0.25, 0.3) is 0 Å². The van der Waals surface area contributed by atoms with Gasteiger partial charge in [0, 0.05) is 16.1 Å². The maximum atomic E-state index is 10.5. The summed E-state index contributed by atoms with van der Waals surface area (Å²) < 4.78 is 0. The molecule has 0 fully saturated rings. The number of halogens is 1. The molecule has 0 spiro atoms. The lowest BCUT2D eigenvalue weighted by atomic mass is 9.83. The largest absolute Gasteiger partial charge is 0.507 e. The Bertz CT molecular complexity index is 592. The Hall–Kier alpha value is -1.47. The molecule has 2 aromatic rings. The molecule has 0 aliphatic heterocycles. The van der Waals surface area contributed by atoms with Gasteiger partial charge in [-0.1, -0.05) is 44.5 Å². The van der Waals surface area contributed by atoms with Gasteiger partial charge in [0.1, 0.15) is 5.75 Å². The van der Waals surface area contributed by atoms with E-state index in [0.717, 1.165) is 22.3 Å². The number of phenolic OH excluding ortho intramolecular Hbond substituents is 1. The number of aromatic hydroxyl groups is 1. The summed E-state index contributed by atoms with van der Waals surface area (Å²) >= 11 is 5.88. The van der Waals surface area contributed by atoms with Crippen LogP contribution in [0.2, 0.25) is 5.02 Å². The van der Waals surface area contributed by atoms with Gasteiger partial charge in [-0.2, -0.15) is 0 Å². The van der Waals surface area contributed by atoms with Crippen molar-refractivity contribution in [3.05, 3.63) is 52.5 Å². The fourth-order valence-electron chi connectivity index (χ4n) is 2.13. The van der Waals surface area contributed by atoms with Crippen LogP contribution in [0.25, 0.3) is 11.1 Å². The van der Waals surface area contributed by atoms with E-state index in [1.807, 2.05) is 31.2 Å². The lowest BCUT2D eigenvalue weighted by Gasteiger charge is -2.23. The van der Waals surface area contributed by atoms with Crippen molar-refractivity contribution >= 4 is 11.6 Å². The maximum absolute atomic E-state index is 10.5. The molecule has 0 atom stereocenters. The number of hydrogen-bond acceptors (Lipinski definition) is 1. The lowest BCUT2D eigenvalue weighted by Crippen LogP contribution is -2.12. The normalized spacial score (nSPS) is 11.6. The summed E-state index contributed by atoms with van der Waals surface area (Å²) in [6, 6.07) is 12.5. The molecule has 2 aromatic carbocycles. The SMILES string of the molecule is Cc1cc(-c2[c]cc(Cl)cc2)c(O)c(C(C)(C)C)c1. The van der Waals surface area contributed by atoms with E-state index in [1.54, 1.807) is 6.07 Å². The number of benzene rings is 2. The molecule has 0 unspecified atom stereocenters. The second-order valence-corrected chi connectivity index (χ2v) is 6.32. The molecule has 99 valence electrons. The number of hydrogen-bond donors (Lipinski definition) is 1. The van der Waals surface area contributed by atoms with Crippen LogP contribution < -0.4 is 0 Å². The molecule has 0 aliphatic carbocycles. The zero-order valence-corrected chi connectivity index (χ0v) is 12.5. The molecule has 0 saturated heterocycles. The average molecular weight is 274 g/mol. The molecular formula is C17H18ClO. The van der Waals surface area contributed by atoms with Crippen LogP contribution in [0.15, 0.2) is 30.3 Å². The van der Waals surface area contributed by atoms with Gasteiger partial charge in [0.15, 0.2) is 0 Å². The van der Waals surface area contributed by atoms with Crippen molar-refractivity contribution in [2.45, 2.75) is 33.1 Å². The van der Waals surface area contributed by atoms with Crippen LogP contribution in [0.5, 0.6) is 5.75 Å². The molecule has 0 heterocycles. The van der Waals surface area contributed by atoms with Crippen molar-refractivity contribution in [2.24, 2.45) is 0 Å². The minimum absolute atomic E-state index is 0.0999. The third-order valence-corrected chi connectivity index (χ3v) is 3.36. The Labute approximate surface area is 119 Å². The van der Waals surface area contributed by atoms with Gasteiger partial charge >= 0.3 is 0 Å². The van der Waals surface area contributed by atoms with E-state index >= 15 is 0 Å². The molecule has 1 radical (unpaired) electrons. The molecule has 2 heteroatoms. The third-order valence-electron chi connectivity index (χ3n) is 3.13. The molecule has 0 amide bonds. The second kappa shape index (κ2) is 4.90. The van der Waals surface area contributed by atoms with Gasteiger partial charge in [-0.25, -0.2) is 0 Å². The molecule has 1 N–H and O–H groups in total. The first-order valence-electron chi connectivity index (χ1n) is 6.31. The molecule has 0 aromatic heterocycles. The highest BCUT2D eigenvalue weighted by Crippen LogP contribution is 2.39. The van der Waals surface area contributed by atoms with Gasteiger partial charge < -0.3 is 5.11 Å². The van der Waals surface area contributed by atoms with Gasteiger partial charge in [-0.3, -0.25) is 0 Å². The van der Waals surface area contributed by atoms with E-state index in [-0.39, 0.29) is 5.41 Å². The number of phenols is 1. The van der Waals surface area contributed by atoms with E-state index in [2.05, 4.69) is 26.8 Å². The van der Waals surface area contributed by atoms with Crippen molar-refractivity contribution in [3.63, 3.8) is 0 Å². The highest BCUT2D eigenvalue weighted by molar-refractivity contribution is 6.30. The Morgan fingerprint density at radius 1 is 1.16 bits per heavy atom. The summed E-state index contributed by atoms with van der Waals surface area (Å²) in [6.07, 6.45) is 0. The predicted octanol–water partition coefficient (Wildman–Crippen LogP) is 5.12. The molecule has 0 bridgehead atoms. The monoisotopic (exact) mass is 273 g/mol. The topological polar surface area (TPSA) is 20.2 Å². The average Bonchev–Trinajstić information content (AvgIpc) is 2.31. The lowest BCUT2D eigenvalue weighted by molar-refractivity contribution is 0.448. The van der Waals surface area contributed by atoms with Crippen LogP contribution in [-0.2, 0) is 5.41 Å². The van der Waals surface area contributed by atoms with Gasteiger partial charge in [-0.15, -0.1) is 0 Å². The highest BCUT2D eigenvalue weighted by atomic mass is 35.5. The standard InChI is InChI=1S/C17H18ClO/c1-11-9-14(12-5-7-13(18)8-6-12)16(19)15(10-11)17(2,3)4/h5,7-10,19H,1-4H3. The quantitative estimate of drug-likeness (QED) is 0.765. The Morgan fingerprint density at radius 3 is 2.37 bits per heavy atom. The van der Waals surface area contributed by atoms with E-state index in [0.29, 0.717) is 10.8 Å². The van der Waals surface area contributed by atoms with Crippen LogP contribution in [-0.4, -0.2) is 5.11 Å². The minimum Gasteiger partial charge on any atom is -0.507 e. The third kappa shape index (κ3) is 2.93. The first-order valence-corrected chi connectivity index (χ1v) is 6.68. The van der Waals surface area contributed by atoms with Crippen molar-refractivity contribution < 1.29 is 5.11 Å². The van der Waals surface area contributed by atoms with Crippen molar-refractivity contribution in [1.82, 2.24) is 0 Å². The van der Waals surface area contributed by atoms with Gasteiger partial charge in [-0.05, 0) is 47.7 Å². The van der Waals surface area contributed by atoms with E-state index in [1.165, 1.54) is 0 Å². The summed E-state index contributed by atoms with van der Waals surface area (Å²) in [6.45, 7) is 8.32. The highest BCUT2D eigenvalue weighted by Gasteiger charge is 2.21. The predicted molar refractivity (Wildman–Crippen MR) is 80.8 cm³/mol. The fraction of sp³-hybridized carbons (Fsp3) is 0.294. The molecular weight excluding hydrogens is 256 g/mol. The zero-order chi connectivity index (χ0) is 14.2. The molecule has 2 rings (SSSR count). The Balaban J connectivity index is 2.64. The van der Waals surface area contributed by atoms with Gasteiger partial charge in [0.05, 0.1) is 0 Å². The summed E-state index contributed by atoms with van der Waals surface area (Å²) in [5, 5.41) is 11.2. The van der Waals surface area contributed by atoms with Crippen LogP contribution in [0.3, 0.4) is 0 Å².